The average Bonchev–Trinajstić information content (AvgIpc) is 3.15. The number of carbonyl (C=O) groups is 1. The molecule has 0 spiro atoms. The smallest absolute Gasteiger partial charge is 0.222 e. The summed E-state index contributed by atoms with van der Waals surface area (Å²) in [5, 5.41) is 17.9. The highest BCUT2D eigenvalue weighted by Crippen LogP contribution is 2.38. The van der Waals surface area contributed by atoms with Crippen LogP contribution in [0, 0.1) is 5.92 Å². The Balaban J connectivity index is 1.50. The minimum atomic E-state index is -0.275. The van der Waals surface area contributed by atoms with E-state index in [2.05, 4.69) is 26.4 Å². The molecule has 0 saturated heterocycles. The molecule has 1 aliphatic carbocycles. The molecule has 4 rings (SSSR count). The van der Waals surface area contributed by atoms with E-state index in [0.29, 0.717) is 25.8 Å². The Bertz CT molecular complexity index is 890. The van der Waals surface area contributed by atoms with E-state index in [1.165, 1.54) is 6.33 Å². The van der Waals surface area contributed by atoms with Gasteiger partial charge >= 0.3 is 0 Å². The fourth-order valence-corrected chi connectivity index (χ4v) is 3.44. The zero-order valence-corrected chi connectivity index (χ0v) is 14.3. The third-order valence-electron chi connectivity index (χ3n) is 4.94. The largest absolute Gasteiger partial charge is 0.393 e. The maximum atomic E-state index is 12.5. The van der Waals surface area contributed by atoms with E-state index >= 15 is 0 Å². The number of nitrogens with one attached hydrogen (secondary N) is 1. The zero-order chi connectivity index (χ0) is 17.9. The summed E-state index contributed by atoms with van der Waals surface area (Å²) in [7, 11) is 0. The third-order valence-corrected chi connectivity index (χ3v) is 4.94. The summed E-state index contributed by atoms with van der Waals surface area (Å²) in [6, 6.07) is 9.87. The molecule has 2 heterocycles. The summed E-state index contributed by atoms with van der Waals surface area (Å²) in [6.07, 6.45) is 6.33. The van der Waals surface area contributed by atoms with Crippen molar-refractivity contribution in [3.63, 3.8) is 0 Å². The second-order valence-corrected chi connectivity index (χ2v) is 6.80. The lowest BCUT2D eigenvalue weighted by atomic mass is 9.75. The van der Waals surface area contributed by atoms with E-state index in [-0.39, 0.29) is 24.0 Å². The van der Waals surface area contributed by atoms with Crippen LogP contribution in [0.25, 0.3) is 10.9 Å². The van der Waals surface area contributed by atoms with Gasteiger partial charge in [-0.25, -0.2) is 4.98 Å². The lowest BCUT2D eigenvalue weighted by Gasteiger charge is -2.38. The van der Waals surface area contributed by atoms with Gasteiger partial charge < -0.3 is 10.4 Å². The van der Waals surface area contributed by atoms with Gasteiger partial charge in [-0.2, -0.15) is 5.10 Å². The summed E-state index contributed by atoms with van der Waals surface area (Å²) >= 11 is 0. The van der Waals surface area contributed by atoms with E-state index in [1.807, 2.05) is 30.5 Å². The van der Waals surface area contributed by atoms with Crippen molar-refractivity contribution >= 4 is 16.8 Å². The molecule has 26 heavy (non-hydrogen) atoms. The van der Waals surface area contributed by atoms with Gasteiger partial charge in [0.15, 0.2) is 0 Å². The number of hydrogen-bond acceptors (Lipinski definition) is 5. The van der Waals surface area contributed by atoms with Gasteiger partial charge in [0.05, 0.1) is 24.2 Å². The molecule has 1 saturated carbocycles. The minimum Gasteiger partial charge on any atom is -0.393 e. The lowest BCUT2D eigenvalue weighted by molar-refractivity contribution is -0.123. The number of benzene rings is 1. The number of hydrogen-bond donors (Lipinski definition) is 2. The Hall–Kier alpha value is -2.80. The number of carbonyl (C=O) groups excluding carboxylic acids is 1. The molecule has 7 heteroatoms. The maximum absolute atomic E-state index is 12.5. The van der Waals surface area contributed by atoms with Crippen molar-refractivity contribution in [3.8, 4) is 0 Å². The van der Waals surface area contributed by atoms with Gasteiger partial charge in [0, 0.05) is 18.0 Å². The number of para-hydroxylation sites is 1. The van der Waals surface area contributed by atoms with E-state index in [0.717, 1.165) is 16.5 Å². The first-order valence-electron chi connectivity index (χ1n) is 8.83. The Kier molecular flexibility index (Phi) is 4.62. The quantitative estimate of drug-likeness (QED) is 0.707. The van der Waals surface area contributed by atoms with Crippen molar-refractivity contribution in [2.75, 3.05) is 0 Å². The maximum Gasteiger partial charge on any atom is 0.222 e. The summed E-state index contributed by atoms with van der Waals surface area (Å²) in [5.41, 5.74) is 1.91. The highest BCUT2D eigenvalue weighted by molar-refractivity contribution is 5.80. The number of pyridine rings is 1. The van der Waals surface area contributed by atoms with Crippen LogP contribution >= 0.6 is 0 Å². The number of rotatable bonds is 6. The number of aliphatic hydroxyl groups excluding tert-OH is 1. The Morgan fingerprint density at radius 3 is 2.96 bits per heavy atom. The molecule has 0 radical (unpaired) electrons. The van der Waals surface area contributed by atoms with Crippen LogP contribution < -0.4 is 5.32 Å². The van der Waals surface area contributed by atoms with Crippen LogP contribution in [-0.4, -0.2) is 36.9 Å². The fourth-order valence-electron chi connectivity index (χ4n) is 3.44. The standard InChI is InChI=1S/C19H21N5O2/c25-16-8-14(9-16)19(23-18(26)5-6-24-12-20-11-22-24)15-7-13-3-1-2-4-17(13)21-10-15/h1-4,7,10-12,14,16,19,25H,5-6,8-9H2,(H,23,26). The molecular weight excluding hydrogens is 330 g/mol. The molecule has 0 aliphatic heterocycles. The van der Waals surface area contributed by atoms with E-state index in [9.17, 15) is 9.90 Å². The van der Waals surface area contributed by atoms with Crippen molar-refractivity contribution in [2.24, 2.45) is 5.92 Å². The van der Waals surface area contributed by atoms with Crippen molar-refractivity contribution in [3.05, 3.63) is 54.7 Å². The molecule has 1 amide bonds. The molecule has 7 nitrogen and oxygen atoms in total. The average molecular weight is 351 g/mol. The molecule has 2 aromatic heterocycles. The lowest BCUT2D eigenvalue weighted by Crippen LogP contribution is -2.41. The first-order valence-corrected chi connectivity index (χ1v) is 8.83. The van der Waals surface area contributed by atoms with Gasteiger partial charge in [0.1, 0.15) is 12.7 Å². The number of aliphatic hydroxyl groups is 1. The van der Waals surface area contributed by atoms with Crippen LogP contribution in [0.2, 0.25) is 0 Å². The first-order chi connectivity index (χ1) is 12.7. The first kappa shape index (κ1) is 16.7. The van der Waals surface area contributed by atoms with E-state index in [4.69, 9.17) is 0 Å². The second-order valence-electron chi connectivity index (χ2n) is 6.80. The third kappa shape index (κ3) is 3.57. The molecule has 1 aromatic carbocycles. The Morgan fingerprint density at radius 1 is 1.35 bits per heavy atom. The summed E-state index contributed by atoms with van der Waals surface area (Å²) in [6.45, 7) is 0.488. The number of aryl methyl sites for hydroxylation is 1. The van der Waals surface area contributed by atoms with Crippen LogP contribution in [0.1, 0.15) is 30.9 Å². The van der Waals surface area contributed by atoms with Crippen molar-refractivity contribution in [1.82, 2.24) is 25.1 Å². The molecule has 1 unspecified atom stereocenters. The zero-order valence-electron chi connectivity index (χ0n) is 14.3. The minimum absolute atomic E-state index is 0.0416. The van der Waals surface area contributed by atoms with Crippen LogP contribution in [-0.2, 0) is 11.3 Å². The topological polar surface area (TPSA) is 92.9 Å². The van der Waals surface area contributed by atoms with Crippen LogP contribution in [0.3, 0.4) is 0 Å². The van der Waals surface area contributed by atoms with Gasteiger partial charge in [-0.15, -0.1) is 0 Å². The van der Waals surface area contributed by atoms with Crippen LogP contribution in [0.15, 0.2) is 49.2 Å². The molecular formula is C19H21N5O2. The normalized spacial score (nSPS) is 20.5. The van der Waals surface area contributed by atoms with Crippen LogP contribution in [0.4, 0.5) is 0 Å². The molecule has 134 valence electrons. The van der Waals surface area contributed by atoms with Crippen molar-refractivity contribution in [2.45, 2.75) is 38.0 Å². The molecule has 0 bridgehead atoms. The number of aromatic nitrogens is 4. The van der Waals surface area contributed by atoms with Crippen LogP contribution in [0.5, 0.6) is 0 Å². The van der Waals surface area contributed by atoms with E-state index < -0.39 is 0 Å². The number of fused-ring (bicyclic) bond motifs is 1. The van der Waals surface area contributed by atoms with Gasteiger partial charge in [-0.3, -0.25) is 14.5 Å². The monoisotopic (exact) mass is 351 g/mol. The highest BCUT2D eigenvalue weighted by atomic mass is 16.3. The number of nitrogens with zero attached hydrogens (tertiary/aromatic N) is 4. The summed E-state index contributed by atoms with van der Waals surface area (Å²) in [4.78, 5) is 20.9. The van der Waals surface area contributed by atoms with Crippen molar-refractivity contribution < 1.29 is 9.90 Å². The second kappa shape index (κ2) is 7.21. The summed E-state index contributed by atoms with van der Waals surface area (Å²) < 4.78 is 1.64. The fraction of sp³-hybridized carbons (Fsp3) is 0.368. The molecule has 1 atom stereocenters. The predicted octanol–water partition coefficient (Wildman–Crippen LogP) is 1.84. The van der Waals surface area contributed by atoms with Gasteiger partial charge in [-0.05, 0) is 36.5 Å². The van der Waals surface area contributed by atoms with Gasteiger partial charge in [-0.1, -0.05) is 18.2 Å². The Labute approximate surface area is 151 Å². The van der Waals surface area contributed by atoms with E-state index in [1.54, 1.807) is 11.0 Å². The summed E-state index contributed by atoms with van der Waals surface area (Å²) in [5.74, 6) is 0.184. The number of amides is 1. The molecule has 1 fully saturated rings. The van der Waals surface area contributed by atoms with Gasteiger partial charge in [0.25, 0.3) is 0 Å². The predicted molar refractivity (Wildman–Crippen MR) is 96.0 cm³/mol. The molecule has 3 aromatic rings. The highest BCUT2D eigenvalue weighted by Gasteiger charge is 2.35. The Morgan fingerprint density at radius 2 is 2.19 bits per heavy atom. The van der Waals surface area contributed by atoms with Gasteiger partial charge in [0.2, 0.25) is 5.91 Å². The SMILES string of the molecule is O=C(CCn1cncn1)NC(c1cnc2ccccc2c1)C1CC(O)C1. The van der Waals surface area contributed by atoms with Crippen molar-refractivity contribution in [1.29, 1.82) is 0 Å². The molecule has 1 aliphatic rings. The molecule has 2 N–H and O–H groups in total.